The molecule has 0 bridgehead atoms. The Labute approximate surface area is 74.8 Å². The Balaban J connectivity index is 2.98. The Bertz CT molecular complexity index is 517. The van der Waals surface area contributed by atoms with Crippen LogP contribution in [-0.2, 0) is 0 Å². The average molecular weight is 175 g/mol. The van der Waals surface area contributed by atoms with Crippen LogP contribution in [0.1, 0.15) is 11.1 Å². The highest BCUT2D eigenvalue weighted by molar-refractivity contribution is 5.78. The standard InChI is InChI=1S/C9H9N3O/c1-4-3-6-8(5(2)7(4)10)12-9(13)11-6/h3H,10H2,1-2H3. The Morgan fingerprint density at radius 3 is 2.69 bits per heavy atom. The largest absolute Gasteiger partial charge is 0.398 e. The van der Waals surface area contributed by atoms with Gasteiger partial charge in [-0.25, -0.2) is 4.79 Å². The molecule has 4 nitrogen and oxygen atoms in total. The van der Waals surface area contributed by atoms with E-state index in [9.17, 15) is 4.79 Å². The summed E-state index contributed by atoms with van der Waals surface area (Å²) >= 11 is 0. The summed E-state index contributed by atoms with van der Waals surface area (Å²) in [6.45, 7) is 3.74. The van der Waals surface area contributed by atoms with E-state index in [2.05, 4.69) is 9.98 Å². The van der Waals surface area contributed by atoms with Gasteiger partial charge in [-0.15, -0.1) is 0 Å². The summed E-state index contributed by atoms with van der Waals surface area (Å²) < 4.78 is 0. The van der Waals surface area contributed by atoms with E-state index in [1.165, 1.54) is 0 Å². The molecule has 0 aromatic heterocycles. The molecule has 0 saturated heterocycles. The second kappa shape index (κ2) is 2.39. The normalized spacial score (nSPS) is 13.5. The van der Waals surface area contributed by atoms with Crippen molar-refractivity contribution >= 4 is 11.7 Å². The van der Waals surface area contributed by atoms with Gasteiger partial charge in [-0.2, -0.15) is 9.98 Å². The van der Waals surface area contributed by atoms with Crippen molar-refractivity contribution in [1.82, 2.24) is 0 Å². The lowest BCUT2D eigenvalue weighted by atomic mass is 10.1. The van der Waals surface area contributed by atoms with E-state index >= 15 is 0 Å². The molecule has 1 aromatic rings. The molecule has 2 rings (SSSR count). The van der Waals surface area contributed by atoms with Crippen molar-refractivity contribution in [3.8, 4) is 0 Å². The van der Waals surface area contributed by atoms with Gasteiger partial charge in [0.2, 0.25) is 0 Å². The average Bonchev–Trinajstić information content (AvgIpc) is 2.42. The Kier molecular flexibility index (Phi) is 1.45. The number of amides is 2. The minimum atomic E-state index is -0.442. The summed E-state index contributed by atoms with van der Waals surface area (Å²) in [5.74, 6) is 0. The van der Waals surface area contributed by atoms with E-state index in [0.717, 1.165) is 11.1 Å². The van der Waals surface area contributed by atoms with E-state index in [1.54, 1.807) is 6.07 Å². The molecule has 0 unspecified atom stereocenters. The van der Waals surface area contributed by atoms with Crippen LogP contribution in [0.3, 0.4) is 0 Å². The zero-order valence-electron chi connectivity index (χ0n) is 7.46. The lowest BCUT2D eigenvalue weighted by Gasteiger charge is -2.01. The minimum absolute atomic E-state index is 0.442. The highest BCUT2D eigenvalue weighted by Crippen LogP contribution is 2.09. The first-order chi connectivity index (χ1) is 6.09. The van der Waals surface area contributed by atoms with Gasteiger partial charge in [-0.3, -0.25) is 0 Å². The molecule has 0 atom stereocenters. The van der Waals surface area contributed by atoms with E-state index < -0.39 is 6.03 Å². The molecule has 1 heterocycles. The molecule has 0 aliphatic carbocycles. The van der Waals surface area contributed by atoms with Crippen LogP contribution in [0.15, 0.2) is 16.1 Å². The summed E-state index contributed by atoms with van der Waals surface area (Å²) in [6, 6.07) is 1.34. The van der Waals surface area contributed by atoms with E-state index in [-0.39, 0.29) is 0 Å². The number of carbonyl (C=O) groups excluding carboxylic acids is 1. The monoisotopic (exact) mass is 175 g/mol. The van der Waals surface area contributed by atoms with E-state index in [4.69, 9.17) is 5.73 Å². The second-order valence-electron chi connectivity index (χ2n) is 3.11. The summed E-state index contributed by atoms with van der Waals surface area (Å²) in [4.78, 5) is 18.4. The number of hydrogen-bond donors (Lipinski definition) is 1. The molecule has 1 aromatic carbocycles. The molecule has 0 fully saturated rings. The van der Waals surface area contributed by atoms with Crippen molar-refractivity contribution in [2.75, 3.05) is 5.73 Å². The van der Waals surface area contributed by atoms with E-state index in [0.29, 0.717) is 16.4 Å². The van der Waals surface area contributed by atoms with Gasteiger partial charge in [0.15, 0.2) is 0 Å². The molecule has 2 amide bonds. The molecule has 0 spiro atoms. The van der Waals surface area contributed by atoms with Crippen molar-refractivity contribution in [2.24, 2.45) is 9.98 Å². The van der Waals surface area contributed by atoms with Crippen LogP contribution in [0.25, 0.3) is 0 Å². The van der Waals surface area contributed by atoms with Gasteiger partial charge in [-0.05, 0) is 25.5 Å². The quantitative estimate of drug-likeness (QED) is 0.574. The maximum atomic E-state index is 10.9. The number of carbonyl (C=O) groups is 1. The lowest BCUT2D eigenvalue weighted by molar-refractivity contribution is 0.256. The first-order valence-corrected chi connectivity index (χ1v) is 3.96. The van der Waals surface area contributed by atoms with Gasteiger partial charge in [0, 0.05) is 11.3 Å². The molecule has 0 radical (unpaired) electrons. The van der Waals surface area contributed by atoms with Gasteiger partial charge < -0.3 is 5.73 Å². The first kappa shape index (κ1) is 7.91. The Morgan fingerprint density at radius 1 is 1.31 bits per heavy atom. The van der Waals surface area contributed by atoms with Crippen LogP contribution in [0.5, 0.6) is 0 Å². The zero-order chi connectivity index (χ0) is 9.59. The van der Waals surface area contributed by atoms with Crippen LogP contribution >= 0.6 is 0 Å². The summed E-state index contributed by atoms with van der Waals surface area (Å²) in [6.07, 6.45) is 0. The number of anilines is 1. The van der Waals surface area contributed by atoms with Crippen molar-refractivity contribution in [2.45, 2.75) is 13.8 Å². The Hall–Kier alpha value is -1.71. The van der Waals surface area contributed by atoms with E-state index in [1.807, 2.05) is 13.8 Å². The maximum Gasteiger partial charge on any atom is 0.368 e. The van der Waals surface area contributed by atoms with Gasteiger partial charge in [0.1, 0.15) is 0 Å². The first-order valence-electron chi connectivity index (χ1n) is 3.96. The third-order valence-electron chi connectivity index (χ3n) is 2.20. The SMILES string of the molecule is Cc1cc2c(c(C)c1N)=NC(=O)N=2. The van der Waals surface area contributed by atoms with Crippen LogP contribution in [-0.4, -0.2) is 6.03 Å². The molecule has 0 saturated carbocycles. The maximum absolute atomic E-state index is 10.9. The highest BCUT2D eigenvalue weighted by Gasteiger charge is 2.10. The molecule has 1 aliphatic heterocycles. The topological polar surface area (TPSA) is 67.8 Å². The van der Waals surface area contributed by atoms with Gasteiger partial charge in [-0.1, -0.05) is 0 Å². The zero-order valence-corrected chi connectivity index (χ0v) is 7.46. The molecule has 66 valence electrons. The predicted octanol–water partition coefficient (Wildman–Crippen LogP) is 0.258. The number of fused-ring (bicyclic) bond motifs is 1. The van der Waals surface area contributed by atoms with Crippen molar-refractivity contribution in [1.29, 1.82) is 0 Å². The fourth-order valence-corrected chi connectivity index (χ4v) is 1.42. The second-order valence-corrected chi connectivity index (χ2v) is 3.11. The van der Waals surface area contributed by atoms with Crippen LogP contribution < -0.4 is 16.4 Å². The highest BCUT2D eigenvalue weighted by atomic mass is 16.2. The van der Waals surface area contributed by atoms with Crippen molar-refractivity contribution < 1.29 is 4.79 Å². The van der Waals surface area contributed by atoms with Gasteiger partial charge in [0.25, 0.3) is 0 Å². The number of nitrogen functional groups attached to an aromatic ring is 1. The summed E-state index contributed by atoms with van der Waals surface area (Å²) in [5, 5.41) is 1.25. The minimum Gasteiger partial charge on any atom is -0.398 e. The number of nitrogens with zero attached hydrogens (tertiary/aromatic N) is 2. The fourth-order valence-electron chi connectivity index (χ4n) is 1.42. The van der Waals surface area contributed by atoms with Crippen molar-refractivity contribution in [3.05, 3.63) is 27.9 Å². The predicted molar refractivity (Wildman–Crippen MR) is 48.0 cm³/mol. The van der Waals surface area contributed by atoms with Crippen LogP contribution in [0, 0.1) is 13.8 Å². The Morgan fingerprint density at radius 2 is 2.00 bits per heavy atom. The molecule has 4 heteroatoms. The van der Waals surface area contributed by atoms with Crippen LogP contribution in [0.4, 0.5) is 10.5 Å². The number of aryl methyl sites for hydroxylation is 1. The van der Waals surface area contributed by atoms with Gasteiger partial charge in [0.05, 0.1) is 10.7 Å². The molecule has 13 heavy (non-hydrogen) atoms. The van der Waals surface area contributed by atoms with Crippen LogP contribution in [0.2, 0.25) is 0 Å². The number of hydrogen-bond acceptors (Lipinski definition) is 2. The third kappa shape index (κ3) is 1.02. The summed E-state index contributed by atoms with van der Waals surface area (Å²) in [5.41, 5.74) is 8.25. The molecule has 2 N–H and O–H groups in total. The summed E-state index contributed by atoms with van der Waals surface area (Å²) in [7, 11) is 0. The lowest BCUT2D eigenvalue weighted by Crippen LogP contribution is -2.26. The molecular formula is C9H9N3O. The molecular weight excluding hydrogens is 166 g/mol. The molecule has 1 aliphatic rings. The number of nitrogens with two attached hydrogens (primary N) is 1. The van der Waals surface area contributed by atoms with Crippen molar-refractivity contribution in [3.63, 3.8) is 0 Å². The number of benzene rings is 1. The fraction of sp³-hybridized carbons (Fsp3) is 0.222. The smallest absolute Gasteiger partial charge is 0.368 e. The number of rotatable bonds is 0. The third-order valence-corrected chi connectivity index (χ3v) is 2.20. The number of urea groups is 1. The van der Waals surface area contributed by atoms with Gasteiger partial charge >= 0.3 is 6.03 Å².